The first-order chi connectivity index (χ1) is 10.7. The Labute approximate surface area is 127 Å². The molecule has 0 fully saturated rings. The summed E-state index contributed by atoms with van der Waals surface area (Å²) < 4.78 is 18.3. The van der Waals surface area contributed by atoms with Gasteiger partial charge in [0.25, 0.3) is 5.91 Å². The van der Waals surface area contributed by atoms with Crippen molar-refractivity contribution in [3.8, 4) is 5.75 Å². The molecular formula is C17H16FNO3. The van der Waals surface area contributed by atoms with E-state index in [2.05, 4.69) is 5.32 Å². The lowest BCUT2D eigenvalue weighted by Gasteiger charge is -2.09. The summed E-state index contributed by atoms with van der Waals surface area (Å²) in [6.45, 7) is 0.217. The molecule has 5 heteroatoms. The molecule has 0 aliphatic rings. The van der Waals surface area contributed by atoms with Gasteiger partial charge >= 0.3 is 0 Å². The molecule has 2 aromatic rings. The number of hydrogen-bond acceptors (Lipinski definition) is 3. The van der Waals surface area contributed by atoms with Gasteiger partial charge in [-0.3, -0.25) is 9.59 Å². The third-order valence-electron chi connectivity index (χ3n) is 3.03. The van der Waals surface area contributed by atoms with Crippen LogP contribution >= 0.6 is 0 Å². The van der Waals surface area contributed by atoms with Gasteiger partial charge in [0.1, 0.15) is 11.6 Å². The van der Waals surface area contributed by atoms with Gasteiger partial charge < -0.3 is 10.1 Å². The summed E-state index contributed by atoms with van der Waals surface area (Å²) in [4.78, 5) is 22.5. The van der Waals surface area contributed by atoms with E-state index in [-0.39, 0.29) is 18.3 Å². The lowest BCUT2D eigenvalue weighted by molar-refractivity contribution is -0.123. The number of rotatable bonds is 7. The number of carbonyl (C=O) groups excluding carboxylic acids is 2. The molecule has 0 radical (unpaired) electrons. The lowest BCUT2D eigenvalue weighted by atomic mass is 10.1. The predicted octanol–water partition coefficient (Wildman–Crippen LogP) is 2.38. The Kier molecular flexibility index (Phi) is 5.65. The molecule has 0 aromatic heterocycles. The van der Waals surface area contributed by atoms with Crippen molar-refractivity contribution in [2.75, 3.05) is 13.2 Å². The van der Waals surface area contributed by atoms with Gasteiger partial charge in [0.05, 0.1) is 5.56 Å². The number of ether oxygens (including phenoxy) is 1. The average Bonchev–Trinajstić information content (AvgIpc) is 2.53. The zero-order chi connectivity index (χ0) is 15.8. The van der Waals surface area contributed by atoms with Gasteiger partial charge in [-0.2, -0.15) is 0 Å². The van der Waals surface area contributed by atoms with E-state index in [1.165, 1.54) is 12.1 Å². The maximum Gasteiger partial charge on any atom is 0.257 e. The summed E-state index contributed by atoms with van der Waals surface area (Å²) in [6, 6.07) is 12.9. The third-order valence-corrected chi connectivity index (χ3v) is 3.03. The highest BCUT2D eigenvalue weighted by Gasteiger charge is 2.06. The van der Waals surface area contributed by atoms with Crippen LogP contribution in [0.5, 0.6) is 5.75 Å². The Hall–Kier alpha value is -2.69. The average molecular weight is 301 g/mol. The molecule has 0 heterocycles. The standard InChI is InChI=1S/C17H16FNO3/c18-15-6-3-4-13(10-15)8-9-19-17(21)12-22-16-7-2-1-5-14(16)11-20/h1-7,10-11H,8-9,12H2,(H,19,21). The molecule has 4 nitrogen and oxygen atoms in total. The van der Waals surface area contributed by atoms with Crippen molar-refractivity contribution in [3.63, 3.8) is 0 Å². The monoisotopic (exact) mass is 301 g/mol. The summed E-state index contributed by atoms with van der Waals surface area (Å²) >= 11 is 0. The number of carbonyl (C=O) groups is 2. The maximum atomic E-state index is 13.0. The second-order valence-electron chi connectivity index (χ2n) is 4.67. The second kappa shape index (κ2) is 7.93. The molecule has 114 valence electrons. The van der Waals surface area contributed by atoms with E-state index in [1.54, 1.807) is 36.4 Å². The van der Waals surface area contributed by atoms with Crippen molar-refractivity contribution >= 4 is 12.2 Å². The van der Waals surface area contributed by atoms with Crippen molar-refractivity contribution in [2.45, 2.75) is 6.42 Å². The molecule has 2 rings (SSSR count). The highest BCUT2D eigenvalue weighted by molar-refractivity contribution is 5.80. The molecule has 0 saturated heterocycles. The molecular weight excluding hydrogens is 285 g/mol. The van der Waals surface area contributed by atoms with E-state index in [1.807, 2.05) is 0 Å². The minimum Gasteiger partial charge on any atom is -0.483 e. The molecule has 0 unspecified atom stereocenters. The maximum absolute atomic E-state index is 13.0. The topological polar surface area (TPSA) is 55.4 Å². The number of halogens is 1. The molecule has 0 aliphatic heterocycles. The van der Waals surface area contributed by atoms with Crippen LogP contribution in [0.15, 0.2) is 48.5 Å². The number of aldehydes is 1. The van der Waals surface area contributed by atoms with Crippen molar-refractivity contribution in [2.24, 2.45) is 0 Å². The summed E-state index contributed by atoms with van der Waals surface area (Å²) in [6.07, 6.45) is 1.21. The van der Waals surface area contributed by atoms with Gasteiger partial charge in [0, 0.05) is 6.54 Å². The Balaban J connectivity index is 1.75. The fraction of sp³-hybridized carbons (Fsp3) is 0.176. The van der Waals surface area contributed by atoms with E-state index >= 15 is 0 Å². The Morgan fingerprint density at radius 1 is 1.18 bits per heavy atom. The highest BCUT2D eigenvalue weighted by atomic mass is 19.1. The predicted molar refractivity (Wildman–Crippen MR) is 80.4 cm³/mol. The number of benzene rings is 2. The molecule has 0 bridgehead atoms. The SMILES string of the molecule is O=Cc1ccccc1OCC(=O)NCCc1cccc(F)c1. The molecule has 2 aromatic carbocycles. The zero-order valence-corrected chi connectivity index (χ0v) is 11.9. The van der Waals surface area contributed by atoms with Crippen LogP contribution in [0.4, 0.5) is 4.39 Å². The lowest BCUT2D eigenvalue weighted by Crippen LogP contribution is -2.30. The highest BCUT2D eigenvalue weighted by Crippen LogP contribution is 2.15. The van der Waals surface area contributed by atoms with Crippen LogP contribution in [-0.4, -0.2) is 25.3 Å². The largest absolute Gasteiger partial charge is 0.483 e. The molecule has 0 atom stereocenters. The molecule has 1 N–H and O–H groups in total. The Bertz CT molecular complexity index is 658. The normalized spacial score (nSPS) is 10.0. The van der Waals surface area contributed by atoms with Gasteiger partial charge in [-0.05, 0) is 36.2 Å². The summed E-state index contributed by atoms with van der Waals surface area (Å²) in [5.74, 6) is -0.215. The number of amides is 1. The van der Waals surface area contributed by atoms with Gasteiger partial charge in [0.2, 0.25) is 0 Å². The van der Waals surface area contributed by atoms with E-state index in [0.717, 1.165) is 5.56 Å². The molecule has 1 amide bonds. The summed E-state index contributed by atoms with van der Waals surface area (Å²) in [5.41, 5.74) is 1.21. The first-order valence-electron chi connectivity index (χ1n) is 6.87. The van der Waals surface area contributed by atoms with Crippen molar-refractivity contribution in [1.82, 2.24) is 5.32 Å². The van der Waals surface area contributed by atoms with Gasteiger partial charge in [-0.25, -0.2) is 4.39 Å². The molecule has 0 spiro atoms. The van der Waals surface area contributed by atoms with E-state index in [4.69, 9.17) is 4.74 Å². The first kappa shape index (κ1) is 15.7. The van der Waals surface area contributed by atoms with Crippen LogP contribution in [0.2, 0.25) is 0 Å². The van der Waals surface area contributed by atoms with Crippen LogP contribution in [0, 0.1) is 5.82 Å². The van der Waals surface area contributed by atoms with Crippen LogP contribution < -0.4 is 10.1 Å². The van der Waals surface area contributed by atoms with E-state index < -0.39 is 0 Å². The van der Waals surface area contributed by atoms with Gasteiger partial charge in [-0.1, -0.05) is 24.3 Å². The summed E-state index contributed by atoms with van der Waals surface area (Å²) in [7, 11) is 0. The fourth-order valence-electron chi connectivity index (χ4n) is 1.94. The first-order valence-corrected chi connectivity index (χ1v) is 6.87. The second-order valence-corrected chi connectivity index (χ2v) is 4.67. The van der Waals surface area contributed by atoms with Crippen LogP contribution in [0.3, 0.4) is 0 Å². The molecule has 22 heavy (non-hydrogen) atoms. The quantitative estimate of drug-likeness (QED) is 0.799. The third kappa shape index (κ3) is 4.70. The Morgan fingerprint density at radius 2 is 2.00 bits per heavy atom. The summed E-state index contributed by atoms with van der Waals surface area (Å²) in [5, 5.41) is 2.68. The van der Waals surface area contributed by atoms with Gasteiger partial charge in [-0.15, -0.1) is 0 Å². The molecule has 0 saturated carbocycles. The van der Waals surface area contributed by atoms with Crippen molar-refractivity contribution < 1.29 is 18.7 Å². The van der Waals surface area contributed by atoms with E-state index in [0.29, 0.717) is 30.6 Å². The zero-order valence-electron chi connectivity index (χ0n) is 11.9. The molecule has 0 aliphatic carbocycles. The van der Waals surface area contributed by atoms with Crippen molar-refractivity contribution in [1.29, 1.82) is 0 Å². The van der Waals surface area contributed by atoms with Gasteiger partial charge in [0.15, 0.2) is 12.9 Å². The van der Waals surface area contributed by atoms with Crippen LogP contribution in [-0.2, 0) is 11.2 Å². The van der Waals surface area contributed by atoms with Crippen molar-refractivity contribution in [3.05, 3.63) is 65.5 Å². The number of hydrogen-bond donors (Lipinski definition) is 1. The fourth-order valence-corrected chi connectivity index (χ4v) is 1.94. The minimum absolute atomic E-state index is 0.173. The van der Waals surface area contributed by atoms with Crippen LogP contribution in [0.1, 0.15) is 15.9 Å². The van der Waals surface area contributed by atoms with Crippen LogP contribution in [0.25, 0.3) is 0 Å². The number of para-hydroxylation sites is 1. The minimum atomic E-state index is -0.294. The number of nitrogens with one attached hydrogen (secondary N) is 1. The Morgan fingerprint density at radius 3 is 2.77 bits per heavy atom. The van der Waals surface area contributed by atoms with E-state index in [9.17, 15) is 14.0 Å². The smallest absolute Gasteiger partial charge is 0.257 e.